The summed E-state index contributed by atoms with van der Waals surface area (Å²) >= 11 is 5.59. The predicted octanol–water partition coefficient (Wildman–Crippen LogP) is 3.28. The Morgan fingerprint density at radius 1 is 1.22 bits per heavy atom. The smallest absolute Gasteiger partial charge is 0.378 e. The number of ether oxygens (including phenoxy) is 1. The first-order chi connectivity index (χ1) is 8.52. The number of hydrogen-bond donors (Lipinski definition) is 0. The number of rotatable bonds is 2. The van der Waals surface area contributed by atoms with Gasteiger partial charge in [-0.15, -0.1) is 11.6 Å². The van der Waals surface area contributed by atoms with Crippen LogP contribution in [0.5, 0.6) is 0 Å². The Balaban J connectivity index is 2.38. The molecule has 1 aromatic carbocycles. The zero-order valence-corrected chi connectivity index (χ0v) is 10.4. The van der Waals surface area contributed by atoms with Gasteiger partial charge >= 0.3 is 6.18 Å². The second-order valence-electron chi connectivity index (χ2n) is 4.08. The first kappa shape index (κ1) is 13.5. The Morgan fingerprint density at radius 3 is 2.44 bits per heavy atom. The third-order valence-electron chi connectivity index (χ3n) is 2.87. The summed E-state index contributed by atoms with van der Waals surface area (Å²) < 4.78 is 44.2. The van der Waals surface area contributed by atoms with E-state index in [0.29, 0.717) is 31.9 Å². The summed E-state index contributed by atoms with van der Waals surface area (Å²) in [6, 6.07) is 4.25. The van der Waals surface area contributed by atoms with E-state index in [1.54, 1.807) is 11.0 Å². The monoisotopic (exact) mass is 279 g/mol. The maximum Gasteiger partial charge on any atom is 0.418 e. The molecule has 0 saturated carbocycles. The molecule has 1 saturated heterocycles. The minimum absolute atomic E-state index is 0.0759. The molecule has 0 aliphatic carbocycles. The topological polar surface area (TPSA) is 12.5 Å². The van der Waals surface area contributed by atoms with Gasteiger partial charge in [0.15, 0.2) is 0 Å². The Kier molecular flexibility index (Phi) is 4.02. The van der Waals surface area contributed by atoms with Crippen molar-refractivity contribution in [1.29, 1.82) is 0 Å². The van der Waals surface area contributed by atoms with Crippen molar-refractivity contribution in [1.82, 2.24) is 0 Å². The fourth-order valence-electron chi connectivity index (χ4n) is 1.97. The number of morpholine rings is 1. The summed E-state index contributed by atoms with van der Waals surface area (Å²) in [5.74, 6) is 0.0759. The first-order valence-corrected chi connectivity index (χ1v) is 6.14. The second-order valence-corrected chi connectivity index (χ2v) is 4.35. The van der Waals surface area contributed by atoms with Gasteiger partial charge in [0.1, 0.15) is 0 Å². The van der Waals surface area contributed by atoms with Crippen LogP contribution in [0.2, 0.25) is 0 Å². The van der Waals surface area contributed by atoms with Crippen LogP contribution in [0.15, 0.2) is 18.2 Å². The molecular weight excluding hydrogens is 267 g/mol. The molecule has 2 nitrogen and oxygen atoms in total. The van der Waals surface area contributed by atoms with Crippen LogP contribution < -0.4 is 4.90 Å². The molecule has 2 rings (SSSR count). The molecule has 0 atom stereocenters. The molecule has 0 aromatic heterocycles. The van der Waals surface area contributed by atoms with Gasteiger partial charge < -0.3 is 9.64 Å². The minimum Gasteiger partial charge on any atom is -0.378 e. The SMILES string of the molecule is FC(F)(F)c1cc(CCl)ccc1N1CCOCC1. The molecule has 1 heterocycles. The number of alkyl halides is 4. The van der Waals surface area contributed by atoms with Gasteiger partial charge in [0.05, 0.1) is 18.8 Å². The number of hydrogen-bond acceptors (Lipinski definition) is 2. The Hall–Kier alpha value is -0.940. The molecule has 1 aliphatic rings. The predicted molar refractivity (Wildman–Crippen MR) is 64.0 cm³/mol. The molecule has 6 heteroatoms. The van der Waals surface area contributed by atoms with Crippen molar-refractivity contribution in [3.8, 4) is 0 Å². The van der Waals surface area contributed by atoms with Crippen molar-refractivity contribution in [3.05, 3.63) is 29.3 Å². The lowest BCUT2D eigenvalue weighted by molar-refractivity contribution is -0.137. The van der Waals surface area contributed by atoms with Crippen LogP contribution in [-0.4, -0.2) is 26.3 Å². The standard InChI is InChI=1S/C12H13ClF3NO/c13-8-9-1-2-11(10(7-9)12(14,15)16)17-3-5-18-6-4-17/h1-2,7H,3-6,8H2. The van der Waals surface area contributed by atoms with Crippen molar-refractivity contribution in [3.63, 3.8) is 0 Å². The summed E-state index contributed by atoms with van der Waals surface area (Å²) in [5, 5.41) is 0. The summed E-state index contributed by atoms with van der Waals surface area (Å²) in [7, 11) is 0. The quantitative estimate of drug-likeness (QED) is 0.771. The van der Waals surface area contributed by atoms with Crippen molar-refractivity contribution < 1.29 is 17.9 Å². The van der Waals surface area contributed by atoms with Crippen LogP contribution in [0.4, 0.5) is 18.9 Å². The Morgan fingerprint density at radius 2 is 1.89 bits per heavy atom. The molecule has 1 fully saturated rings. The highest BCUT2D eigenvalue weighted by Crippen LogP contribution is 2.37. The van der Waals surface area contributed by atoms with E-state index in [9.17, 15) is 13.2 Å². The third-order valence-corrected chi connectivity index (χ3v) is 3.18. The van der Waals surface area contributed by atoms with E-state index in [0.717, 1.165) is 6.07 Å². The summed E-state index contributed by atoms with van der Waals surface area (Å²) in [4.78, 5) is 1.70. The van der Waals surface area contributed by atoms with E-state index < -0.39 is 11.7 Å². The van der Waals surface area contributed by atoms with Crippen LogP contribution >= 0.6 is 11.6 Å². The van der Waals surface area contributed by atoms with Gasteiger partial charge in [0, 0.05) is 24.7 Å². The summed E-state index contributed by atoms with van der Waals surface area (Å²) in [5.41, 5.74) is 0.0585. The highest BCUT2D eigenvalue weighted by atomic mass is 35.5. The van der Waals surface area contributed by atoms with Crippen LogP contribution in [0, 0.1) is 0 Å². The number of halogens is 4. The van der Waals surface area contributed by atoms with Crippen molar-refractivity contribution >= 4 is 17.3 Å². The van der Waals surface area contributed by atoms with E-state index >= 15 is 0 Å². The molecule has 1 aromatic rings. The molecule has 100 valence electrons. The Bertz CT molecular complexity index is 416. The van der Waals surface area contributed by atoms with E-state index in [2.05, 4.69) is 0 Å². The van der Waals surface area contributed by atoms with Crippen molar-refractivity contribution in [2.45, 2.75) is 12.1 Å². The largest absolute Gasteiger partial charge is 0.418 e. The Labute approximate surface area is 108 Å². The second kappa shape index (κ2) is 5.36. The number of anilines is 1. The lowest BCUT2D eigenvalue weighted by Gasteiger charge is -2.31. The molecule has 0 amide bonds. The normalized spacial score (nSPS) is 17.0. The molecule has 1 aliphatic heterocycles. The molecule has 0 N–H and O–H groups in total. The van der Waals surface area contributed by atoms with Gasteiger partial charge in [-0.25, -0.2) is 0 Å². The number of nitrogens with zero attached hydrogens (tertiary/aromatic N) is 1. The highest BCUT2D eigenvalue weighted by molar-refractivity contribution is 6.17. The molecule has 0 radical (unpaired) electrons. The van der Waals surface area contributed by atoms with Crippen molar-refractivity contribution in [2.75, 3.05) is 31.2 Å². The molecule has 0 unspecified atom stereocenters. The first-order valence-electron chi connectivity index (χ1n) is 5.61. The average Bonchev–Trinajstić information content (AvgIpc) is 2.38. The summed E-state index contributed by atoms with van der Waals surface area (Å²) in [6.07, 6.45) is -4.37. The van der Waals surface area contributed by atoms with Crippen LogP contribution in [-0.2, 0) is 16.8 Å². The van der Waals surface area contributed by atoms with Crippen molar-refractivity contribution in [2.24, 2.45) is 0 Å². The molecule has 0 bridgehead atoms. The van der Waals surface area contributed by atoms with Gasteiger partial charge in [-0.1, -0.05) is 6.07 Å². The van der Waals surface area contributed by atoms with Crippen LogP contribution in [0.1, 0.15) is 11.1 Å². The van der Waals surface area contributed by atoms with E-state index in [4.69, 9.17) is 16.3 Å². The summed E-state index contributed by atoms with van der Waals surface area (Å²) in [6.45, 7) is 1.86. The molecular formula is C12H13ClF3NO. The van der Waals surface area contributed by atoms with E-state index in [-0.39, 0.29) is 11.6 Å². The minimum atomic E-state index is -4.37. The van der Waals surface area contributed by atoms with Crippen LogP contribution in [0.3, 0.4) is 0 Å². The van der Waals surface area contributed by atoms with Gasteiger partial charge in [-0.3, -0.25) is 0 Å². The van der Waals surface area contributed by atoms with E-state index in [1.807, 2.05) is 0 Å². The maximum absolute atomic E-state index is 13.0. The zero-order valence-electron chi connectivity index (χ0n) is 9.63. The van der Waals surface area contributed by atoms with Crippen LogP contribution in [0.25, 0.3) is 0 Å². The molecule has 0 spiro atoms. The zero-order chi connectivity index (χ0) is 13.2. The van der Waals surface area contributed by atoms with Gasteiger partial charge in [0.2, 0.25) is 0 Å². The van der Waals surface area contributed by atoms with E-state index in [1.165, 1.54) is 6.07 Å². The third kappa shape index (κ3) is 2.90. The van der Waals surface area contributed by atoms with Gasteiger partial charge in [-0.05, 0) is 17.7 Å². The molecule has 18 heavy (non-hydrogen) atoms. The highest BCUT2D eigenvalue weighted by Gasteiger charge is 2.35. The maximum atomic E-state index is 13.0. The average molecular weight is 280 g/mol. The van der Waals surface area contributed by atoms with Gasteiger partial charge in [0.25, 0.3) is 0 Å². The lowest BCUT2D eigenvalue weighted by Crippen LogP contribution is -2.37. The number of benzene rings is 1. The lowest BCUT2D eigenvalue weighted by atomic mass is 10.1. The van der Waals surface area contributed by atoms with Gasteiger partial charge in [-0.2, -0.15) is 13.2 Å². The fourth-order valence-corrected chi connectivity index (χ4v) is 2.14. The fraction of sp³-hybridized carbons (Fsp3) is 0.500.